The number of nitrogens with one attached hydrogen (secondary N) is 1. The van der Waals surface area contributed by atoms with Crippen LogP contribution in [-0.2, 0) is 4.79 Å². The van der Waals surface area contributed by atoms with Gasteiger partial charge in [0.1, 0.15) is 11.6 Å². The summed E-state index contributed by atoms with van der Waals surface area (Å²) in [5.74, 6) is -2.34. The van der Waals surface area contributed by atoms with E-state index in [4.69, 9.17) is 5.11 Å². The number of likely N-dealkylation sites (tertiary alicyclic amines) is 1. The highest BCUT2D eigenvalue weighted by Crippen LogP contribution is 2.32. The van der Waals surface area contributed by atoms with E-state index < -0.39 is 17.7 Å². The Labute approximate surface area is 133 Å². The van der Waals surface area contributed by atoms with Gasteiger partial charge >= 0.3 is 6.09 Å². The van der Waals surface area contributed by atoms with E-state index in [9.17, 15) is 18.4 Å². The molecule has 7 heteroatoms. The van der Waals surface area contributed by atoms with Gasteiger partial charge < -0.3 is 15.3 Å². The van der Waals surface area contributed by atoms with Crippen molar-refractivity contribution >= 4 is 17.7 Å². The molecule has 1 aromatic rings. The molecule has 2 rings (SSSR count). The highest BCUT2D eigenvalue weighted by molar-refractivity contribution is 5.92. The summed E-state index contributed by atoms with van der Waals surface area (Å²) in [7, 11) is 0. The van der Waals surface area contributed by atoms with E-state index in [0.717, 1.165) is 6.07 Å². The smallest absolute Gasteiger partial charge is 0.407 e. The predicted molar refractivity (Wildman–Crippen MR) is 81.4 cm³/mol. The fourth-order valence-electron chi connectivity index (χ4n) is 2.63. The van der Waals surface area contributed by atoms with Gasteiger partial charge in [-0.05, 0) is 30.4 Å². The number of anilines is 1. The van der Waals surface area contributed by atoms with Crippen molar-refractivity contribution in [1.29, 1.82) is 0 Å². The van der Waals surface area contributed by atoms with Crippen molar-refractivity contribution in [3.8, 4) is 0 Å². The van der Waals surface area contributed by atoms with Crippen LogP contribution in [0.25, 0.3) is 0 Å². The van der Waals surface area contributed by atoms with Crippen LogP contribution in [0.15, 0.2) is 12.1 Å². The quantitative estimate of drug-likeness (QED) is 0.894. The minimum absolute atomic E-state index is 0.0410. The molecular weight excluding hydrogens is 306 g/mol. The third-order valence-corrected chi connectivity index (χ3v) is 4.07. The zero-order chi connectivity index (χ0) is 17.1. The molecule has 2 amide bonds. The number of benzene rings is 1. The fraction of sp³-hybridized carbons (Fsp3) is 0.500. The molecule has 1 saturated heterocycles. The van der Waals surface area contributed by atoms with Crippen LogP contribution in [0.1, 0.15) is 38.2 Å². The molecule has 0 bridgehead atoms. The first-order chi connectivity index (χ1) is 10.8. The van der Waals surface area contributed by atoms with Crippen LogP contribution in [-0.4, -0.2) is 35.1 Å². The van der Waals surface area contributed by atoms with E-state index in [1.54, 1.807) is 13.8 Å². The van der Waals surface area contributed by atoms with E-state index in [1.807, 2.05) is 0 Å². The molecule has 0 spiro atoms. The highest BCUT2D eigenvalue weighted by Gasteiger charge is 2.26. The van der Waals surface area contributed by atoms with Crippen molar-refractivity contribution < 1.29 is 23.5 Å². The first-order valence-corrected chi connectivity index (χ1v) is 7.57. The molecule has 0 unspecified atom stereocenters. The number of carbonyl (C=O) groups excluding carboxylic acids is 1. The summed E-state index contributed by atoms with van der Waals surface area (Å²) >= 11 is 0. The Kier molecular flexibility index (Phi) is 5.18. The van der Waals surface area contributed by atoms with E-state index in [-0.39, 0.29) is 23.4 Å². The minimum atomic E-state index is -0.993. The van der Waals surface area contributed by atoms with Crippen LogP contribution in [0.2, 0.25) is 0 Å². The third kappa shape index (κ3) is 3.97. The molecule has 0 saturated carbocycles. The van der Waals surface area contributed by atoms with E-state index in [0.29, 0.717) is 31.5 Å². The predicted octanol–water partition coefficient (Wildman–Crippen LogP) is 3.42. The number of hydrogen-bond donors (Lipinski definition) is 2. The van der Waals surface area contributed by atoms with Crippen molar-refractivity contribution in [1.82, 2.24) is 4.90 Å². The second-order valence-corrected chi connectivity index (χ2v) is 6.04. The van der Waals surface area contributed by atoms with E-state index in [2.05, 4.69) is 5.32 Å². The summed E-state index contributed by atoms with van der Waals surface area (Å²) in [5.41, 5.74) is 0.274. The molecule has 0 aromatic heterocycles. The van der Waals surface area contributed by atoms with Crippen molar-refractivity contribution in [2.75, 3.05) is 18.4 Å². The number of rotatable bonds is 3. The molecule has 23 heavy (non-hydrogen) atoms. The van der Waals surface area contributed by atoms with Crippen LogP contribution in [0, 0.1) is 17.6 Å². The second-order valence-electron chi connectivity index (χ2n) is 6.04. The van der Waals surface area contributed by atoms with E-state index in [1.165, 1.54) is 11.0 Å². The van der Waals surface area contributed by atoms with Gasteiger partial charge in [-0.2, -0.15) is 0 Å². The number of nitrogens with zero attached hydrogens (tertiary/aromatic N) is 1. The number of hydrogen-bond acceptors (Lipinski definition) is 2. The highest BCUT2D eigenvalue weighted by atomic mass is 19.1. The summed E-state index contributed by atoms with van der Waals surface area (Å²) in [6.45, 7) is 3.98. The van der Waals surface area contributed by atoms with Crippen LogP contribution in [0.4, 0.5) is 19.3 Å². The van der Waals surface area contributed by atoms with E-state index >= 15 is 0 Å². The molecule has 1 aromatic carbocycles. The summed E-state index contributed by atoms with van der Waals surface area (Å²) in [5, 5.41) is 11.4. The van der Waals surface area contributed by atoms with Crippen molar-refractivity contribution in [2.45, 2.75) is 32.6 Å². The molecule has 0 atom stereocenters. The maximum atomic E-state index is 14.1. The molecule has 1 aliphatic rings. The van der Waals surface area contributed by atoms with Crippen LogP contribution < -0.4 is 5.32 Å². The normalized spacial score (nSPS) is 15.8. The van der Waals surface area contributed by atoms with Gasteiger partial charge in [-0.25, -0.2) is 13.6 Å². The SMILES string of the molecule is CC(C)C(=O)Nc1cc(C2CCN(C(=O)O)CC2)c(F)cc1F. The van der Waals surface area contributed by atoms with Crippen LogP contribution in [0.5, 0.6) is 0 Å². The molecular formula is C16H20F2N2O3. The lowest BCUT2D eigenvalue weighted by atomic mass is 9.88. The second kappa shape index (κ2) is 6.93. The number of carbonyl (C=O) groups is 2. The first kappa shape index (κ1) is 17.2. The Morgan fingerprint density at radius 3 is 2.35 bits per heavy atom. The Hall–Kier alpha value is -2.18. The lowest BCUT2D eigenvalue weighted by molar-refractivity contribution is -0.118. The topological polar surface area (TPSA) is 69.6 Å². The van der Waals surface area contributed by atoms with Gasteiger partial charge in [0, 0.05) is 25.1 Å². The lowest BCUT2D eigenvalue weighted by Crippen LogP contribution is -2.37. The van der Waals surface area contributed by atoms with Crippen molar-refractivity contribution in [2.24, 2.45) is 5.92 Å². The molecule has 1 aliphatic heterocycles. The lowest BCUT2D eigenvalue weighted by Gasteiger charge is -2.30. The van der Waals surface area contributed by atoms with Crippen molar-refractivity contribution in [3.05, 3.63) is 29.3 Å². The Balaban J connectivity index is 2.19. The number of halogens is 2. The first-order valence-electron chi connectivity index (χ1n) is 7.57. The van der Waals surface area contributed by atoms with Gasteiger partial charge in [-0.15, -0.1) is 0 Å². The van der Waals surface area contributed by atoms with Gasteiger partial charge in [0.2, 0.25) is 5.91 Å². The summed E-state index contributed by atoms with van der Waals surface area (Å²) < 4.78 is 27.9. The number of amides is 2. The molecule has 1 heterocycles. The summed E-state index contributed by atoms with van der Waals surface area (Å²) in [4.78, 5) is 23.9. The van der Waals surface area contributed by atoms with Gasteiger partial charge in [-0.1, -0.05) is 13.8 Å². The minimum Gasteiger partial charge on any atom is -0.465 e. The maximum absolute atomic E-state index is 14.1. The molecule has 5 nitrogen and oxygen atoms in total. The zero-order valence-corrected chi connectivity index (χ0v) is 13.1. The monoisotopic (exact) mass is 326 g/mol. The fourth-order valence-corrected chi connectivity index (χ4v) is 2.63. The van der Waals surface area contributed by atoms with Crippen molar-refractivity contribution in [3.63, 3.8) is 0 Å². The van der Waals surface area contributed by atoms with Crippen LogP contribution in [0.3, 0.4) is 0 Å². The maximum Gasteiger partial charge on any atom is 0.407 e. The molecule has 126 valence electrons. The molecule has 0 radical (unpaired) electrons. The molecule has 2 N–H and O–H groups in total. The van der Waals surface area contributed by atoms with Gasteiger partial charge in [0.25, 0.3) is 0 Å². The zero-order valence-electron chi connectivity index (χ0n) is 13.1. The largest absolute Gasteiger partial charge is 0.465 e. The number of piperidine rings is 1. The third-order valence-electron chi connectivity index (χ3n) is 4.07. The average Bonchev–Trinajstić information content (AvgIpc) is 2.49. The van der Waals surface area contributed by atoms with Gasteiger partial charge in [-0.3, -0.25) is 4.79 Å². The Bertz CT molecular complexity index is 612. The molecule has 0 aliphatic carbocycles. The van der Waals surface area contributed by atoms with Gasteiger partial charge in [0.05, 0.1) is 5.69 Å². The average molecular weight is 326 g/mol. The van der Waals surface area contributed by atoms with Gasteiger partial charge in [0.15, 0.2) is 0 Å². The number of carboxylic acid groups (broad SMARTS) is 1. The van der Waals surface area contributed by atoms with Crippen LogP contribution >= 0.6 is 0 Å². The Morgan fingerprint density at radius 1 is 1.22 bits per heavy atom. The molecule has 1 fully saturated rings. The standard InChI is InChI=1S/C16H20F2N2O3/c1-9(2)15(21)19-14-7-11(12(17)8-13(14)18)10-3-5-20(6-4-10)16(22)23/h7-10H,3-6H2,1-2H3,(H,19,21)(H,22,23). The Morgan fingerprint density at radius 2 is 1.83 bits per heavy atom. The summed E-state index contributed by atoms with van der Waals surface area (Å²) in [6, 6.07) is 2.10. The summed E-state index contributed by atoms with van der Waals surface area (Å²) in [6.07, 6.45) is -0.0633.